The number of aliphatic hydroxyl groups is 1. The van der Waals surface area contributed by atoms with Crippen LogP contribution in [0.1, 0.15) is 30.1 Å². The van der Waals surface area contributed by atoms with E-state index in [4.69, 9.17) is 4.98 Å². The molecule has 3 aromatic rings. The van der Waals surface area contributed by atoms with E-state index in [0.29, 0.717) is 19.5 Å². The minimum Gasteiger partial charge on any atom is -0.388 e. The summed E-state index contributed by atoms with van der Waals surface area (Å²) in [5, 5.41) is 19.1. The molecule has 1 aromatic carbocycles. The first kappa shape index (κ1) is 17.1. The van der Waals surface area contributed by atoms with Gasteiger partial charge in [0.25, 0.3) is 0 Å². The summed E-state index contributed by atoms with van der Waals surface area (Å²) in [6.07, 6.45) is 3.92. The Labute approximate surface area is 152 Å². The van der Waals surface area contributed by atoms with Gasteiger partial charge in [0.2, 0.25) is 0 Å². The number of rotatable bonds is 4. The van der Waals surface area contributed by atoms with Crippen LogP contribution in [0.4, 0.5) is 0 Å². The van der Waals surface area contributed by atoms with Gasteiger partial charge in [-0.15, -0.1) is 10.2 Å². The zero-order valence-electron chi connectivity index (χ0n) is 15.3. The van der Waals surface area contributed by atoms with E-state index < -0.39 is 5.60 Å². The van der Waals surface area contributed by atoms with Crippen LogP contribution < -0.4 is 0 Å². The molecular weight excluding hydrogens is 328 g/mol. The highest BCUT2D eigenvalue weighted by Crippen LogP contribution is 2.26. The molecule has 1 N–H and O–H groups in total. The first-order valence-electron chi connectivity index (χ1n) is 9.02. The lowest BCUT2D eigenvalue weighted by Gasteiger charge is -2.39. The molecule has 1 atom stereocenters. The Morgan fingerprint density at radius 3 is 2.69 bits per heavy atom. The van der Waals surface area contributed by atoms with Crippen molar-refractivity contribution in [3.63, 3.8) is 0 Å². The second kappa shape index (κ2) is 6.74. The summed E-state index contributed by atoms with van der Waals surface area (Å²) >= 11 is 0. The lowest BCUT2D eigenvalue weighted by molar-refractivity contribution is -0.0348. The van der Waals surface area contributed by atoms with Crippen molar-refractivity contribution in [3.05, 3.63) is 47.8 Å². The first-order valence-corrected chi connectivity index (χ1v) is 9.02. The van der Waals surface area contributed by atoms with Gasteiger partial charge in [-0.2, -0.15) is 0 Å². The summed E-state index contributed by atoms with van der Waals surface area (Å²) < 4.78 is 1.87. The van der Waals surface area contributed by atoms with Crippen LogP contribution in [-0.2, 0) is 20.0 Å². The zero-order chi connectivity index (χ0) is 18.1. The van der Waals surface area contributed by atoms with Crippen molar-refractivity contribution in [3.8, 4) is 0 Å². The quantitative estimate of drug-likeness (QED) is 0.769. The van der Waals surface area contributed by atoms with Gasteiger partial charge in [-0.05, 0) is 38.4 Å². The summed E-state index contributed by atoms with van der Waals surface area (Å²) in [7, 11) is 1.91. The smallest absolute Gasteiger partial charge is 0.135 e. The fourth-order valence-electron chi connectivity index (χ4n) is 3.73. The van der Waals surface area contributed by atoms with Gasteiger partial charge in [-0.3, -0.25) is 4.90 Å². The summed E-state index contributed by atoms with van der Waals surface area (Å²) in [4.78, 5) is 11.7. The van der Waals surface area contributed by atoms with Gasteiger partial charge >= 0.3 is 0 Å². The summed E-state index contributed by atoms with van der Waals surface area (Å²) in [5.74, 6) is 0.816. The Morgan fingerprint density at radius 2 is 1.96 bits per heavy atom. The van der Waals surface area contributed by atoms with Crippen molar-refractivity contribution < 1.29 is 5.11 Å². The second-order valence-electron chi connectivity index (χ2n) is 7.32. The third kappa shape index (κ3) is 3.45. The number of likely N-dealkylation sites (tertiary alicyclic amines) is 1. The average Bonchev–Trinajstić information content (AvgIpc) is 3.00. The fourth-order valence-corrected chi connectivity index (χ4v) is 3.73. The van der Waals surface area contributed by atoms with Gasteiger partial charge < -0.3 is 9.67 Å². The van der Waals surface area contributed by atoms with E-state index in [2.05, 4.69) is 20.1 Å². The highest BCUT2D eigenvalue weighted by atomic mass is 16.3. The van der Waals surface area contributed by atoms with Crippen LogP contribution in [0.2, 0.25) is 0 Å². The molecule has 0 saturated carbocycles. The van der Waals surface area contributed by atoms with Crippen molar-refractivity contribution in [2.24, 2.45) is 7.05 Å². The maximum absolute atomic E-state index is 11.1. The summed E-state index contributed by atoms with van der Waals surface area (Å²) in [5.41, 5.74) is 2.99. The molecule has 7 heteroatoms. The van der Waals surface area contributed by atoms with E-state index in [1.165, 1.54) is 0 Å². The van der Waals surface area contributed by atoms with E-state index in [9.17, 15) is 5.11 Å². The Morgan fingerprint density at radius 1 is 1.19 bits per heavy atom. The van der Waals surface area contributed by atoms with Crippen molar-refractivity contribution in [2.45, 2.75) is 38.3 Å². The average molecular weight is 352 g/mol. The van der Waals surface area contributed by atoms with Crippen LogP contribution in [0, 0.1) is 6.92 Å². The highest BCUT2D eigenvalue weighted by Gasteiger charge is 2.35. The van der Waals surface area contributed by atoms with Gasteiger partial charge in [0.05, 0.1) is 28.0 Å². The third-order valence-corrected chi connectivity index (χ3v) is 5.14. The molecule has 1 unspecified atom stereocenters. The van der Waals surface area contributed by atoms with Crippen molar-refractivity contribution in [1.82, 2.24) is 29.6 Å². The molecule has 1 aliphatic heterocycles. The molecule has 3 heterocycles. The minimum atomic E-state index is -0.781. The van der Waals surface area contributed by atoms with Crippen LogP contribution in [0.3, 0.4) is 0 Å². The van der Waals surface area contributed by atoms with Gasteiger partial charge in [0.1, 0.15) is 12.2 Å². The third-order valence-electron chi connectivity index (χ3n) is 5.14. The van der Waals surface area contributed by atoms with Gasteiger partial charge in [0, 0.05) is 26.6 Å². The predicted octanol–water partition coefficient (Wildman–Crippen LogP) is 1.64. The molecule has 0 bridgehead atoms. The Hall–Kier alpha value is -2.38. The topological polar surface area (TPSA) is 80.0 Å². The van der Waals surface area contributed by atoms with Gasteiger partial charge in [-0.1, -0.05) is 12.1 Å². The molecule has 1 aliphatic rings. The van der Waals surface area contributed by atoms with Crippen LogP contribution in [-0.4, -0.2) is 53.4 Å². The van der Waals surface area contributed by atoms with E-state index >= 15 is 0 Å². The minimum absolute atomic E-state index is 0.516. The molecule has 0 radical (unpaired) electrons. The molecule has 1 saturated heterocycles. The number of para-hydroxylation sites is 2. The molecular formula is C19H24N6O. The molecule has 0 spiro atoms. The van der Waals surface area contributed by atoms with E-state index in [1.54, 1.807) is 6.33 Å². The van der Waals surface area contributed by atoms with Crippen LogP contribution in [0.25, 0.3) is 11.0 Å². The fraction of sp³-hybridized carbons (Fsp3) is 0.474. The molecule has 4 rings (SSSR count). The molecule has 0 amide bonds. The lowest BCUT2D eigenvalue weighted by Crippen LogP contribution is -2.49. The number of β-amino-alcohol motifs (C(OH)–C–C–N with tert-alkyl or cyclic N) is 1. The van der Waals surface area contributed by atoms with Gasteiger partial charge in [0.15, 0.2) is 0 Å². The molecule has 7 nitrogen and oxygen atoms in total. The number of nitrogens with zero attached hydrogens (tertiary/aromatic N) is 6. The van der Waals surface area contributed by atoms with E-state index in [0.717, 1.165) is 47.6 Å². The number of aryl methyl sites for hydroxylation is 2. The lowest BCUT2D eigenvalue weighted by atomic mass is 9.89. The van der Waals surface area contributed by atoms with E-state index in [1.807, 2.05) is 42.8 Å². The maximum Gasteiger partial charge on any atom is 0.135 e. The van der Waals surface area contributed by atoms with Crippen LogP contribution >= 0.6 is 0 Å². The first-order chi connectivity index (χ1) is 12.5. The van der Waals surface area contributed by atoms with Crippen molar-refractivity contribution >= 4 is 11.0 Å². The largest absolute Gasteiger partial charge is 0.388 e. The number of piperidine rings is 1. The number of hydrogen-bond donors (Lipinski definition) is 1. The normalized spacial score (nSPS) is 21.3. The Bertz CT molecular complexity index is 923. The Balaban J connectivity index is 1.51. The standard InChI is InChI=1S/C19H24N6O/c1-14-17(22-16-7-4-3-6-15(16)21-14)11-25-9-5-8-19(26,12-25)10-18-23-20-13-24(18)2/h3-4,6-7,13,26H,5,8-12H2,1-2H3. The van der Waals surface area contributed by atoms with Gasteiger partial charge in [-0.25, -0.2) is 9.97 Å². The molecule has 2 aromatic heterocycles. The monoisotopic (exact) mass is 352 g/mol. The Kier molecular flexibility index (Phi) is 4.42. The molecule has 136 valence electrons. The van der Waals surface area contributed by atoms with Crippen molar-refractivity contribution in [1.29, 1.82) is 0 Å². The summed E-state index contributed by atoms with van der Waals surface area (Å²) in [6.45, 7) is 4.26. The molecule has 0 aliphatic carbocycles. The molecule has 1 fully saturated rings. The maximum atomic E-state index is 11.1. The molecule has 26 heavy (non-hydrogen) atoms. The number of fused-ring (bicyclic) bond motifs is 1. The zero-order valence-corrected chi connectivity index (χ0v) is 15.3. The second-order valence-corrected chi connectivity index (χ2v) is 7.32. The summed E-state index contributed by atoms with van der Waals surface area (Å²) in [6, 6.07) is 7.94. The highest BCUT2D eigenvalue weighted by molar-refractivity contribution is 5.74. The van der Waals surface area contributed by atoms with Crippen LogP contribution in [0.5, 0.6) is 0 Å². The predicted molar refractivity (Wildman–Crippen MR) is 98.4 cm³/mol. The number of aromatic nitrogens is 5. The SMILES string of the molecule is Cc1nc2ccccc2nc1CN1CCCC(O)(Cc2nncn2C)C1. The number of hydrogen-bond acceptors (Lipinski definition) is 6. The van der Waals surface area contributed by atoms with E-state index in [-0.39, 0.29) is 0 Å². The van der Waals surface area contributed by atoms with Crippen molar-refractivity contribution in [2.75, 3.05) is 13.1 Å². The van der Waals surface area contributed by atoms with Crippen LogP contribution in [0.15, 0.2) is 30.6 Å². The number of benzene rings is 1.